The van der Waals surface area contributed by atoms with Crippen LogP contribution in [0.3, 0.4) is 0 Å². The summed E-state index contributed by atoms with van der Waals surface area (Å²) >= 11 is 0. The summed E-state index contributed by atoms with van der Waals surface area (Å²) in [6, 6.07) is 9.33. The molecule has 2 atom stereocenters. The van der Waals surface area contributed by atoms with Gasteiger partial charge in [-0.2, -0.15) is 0 Å². The van der Waals surface area contributed by atoms with Crippen LogP contribution in [-0.4, -0.2) is 52.4 Å². The molecule has 30 heavy (non-hydrogen) atoms. The van der Waals surface area contributed by atoms with Crippen LogP contribution in [0.25, 0.3) is 0 Å². The Labute approximate surface area is 175 Å². The van der Waals surface area contributed by atoms with Crippen molar-refractivity contribution in [2.45, 2.75) is 31.6 Å². The summed E-state index contributed by atoms with van der Waals surface area (Å²) in [5.74, 6) is 0. The SMILES string of the molecule is O=C1OC(CO)CN1C1=CCC([C@H]2C=CC=CN2C(=O)OCc2ccccc2)=CC1. The third-order valence-corrected chi connectivity index (χ3v) is 5.32. The molecule has 1 unspecified atom stereocenters. The zero-order valence-corrected chi connectivity index (χ0v) is 16.5. The van der Waals surface area contributed by atoms with Crippen LogP contribution in [0, 0.1) is 0 Å². The van der Waals surface area contributed by atoms with E-state index in [1.54, 1.807) is 22.1 Å². The lowest BCUT2D eigenvalue weighted by Gasteiger charge is -2.31. The molecule has 7 nitrogen and oxygen atoms in total. The summed E-state index contributed by atoms with van der Waals surface area (Å²) in [6.45, 7) is 0.386. The van der Waals surface area contributed by atoms with Gasteiger partial charge in [-0.15, -0.1) is 0 Å². The topological polar surface area (TPSA) is 79.3 Å². The summed E-state index contributed by atoms with van der Waals surface area (Å²) in [4.78, 5) is 27.8. The van der Waals surface area contributed by atoms with Gasteiger partial charge < -0.3 is 14.6 Å². The molecule has 4 rings (SSSR count). The van der Waals surface area contributed by atoms with Gasteiger partial charge in [-0.3, -0.25) is 9.80 Å². The van der Waals surface area contributed by atoms with Crippen LogP contribution in [0.2, 0.25) is 0 Å². The van der Waals surface area contributed by atoms with E-state index in [4.69, 9.17) is 9.47 Å². The fourth-order valence-electron chi connectivity index (χ4n) is 3.72. The summed E-state index contributed by atoms with van der Waals surface area (Å²) in [6.07, 6.45) is 11.3. The van der Waals surface area contributed by atoms with Gasteiger partial charge in [0.2, 0.25) is 0 Å². The summed E-state index contributed by atoms with van der Waals surface area (Å²) < 4.78 is 10.6. The van der Waals surface area contributed by atoms with Gasteiger partial charge in [0.1, 0.15) is 12.7 Å². The second-order valence-corrected chi connectivity index (χ2v) is 7.30. The van der Waals surface area contributed by atoms with Crippen LogP contribution in [0.5, 0.6) is 0 Å². The van der Waals surface area contributed by atoms with Crippen LogP contribution in [0.4, 0.5) is 9.59 Å². The predicted molar refractivity (Wildman–Crippen MR) is 110 cm³/mol. The number of cyclic esters (lactones) is 1. The molecule has 1 aromatic carbocycles. The molecule has 0 bridgehead atoms. The number of carbonyl (C=O) groups excluding carboxylic acids is 2. The Morgan fingerprint density at radius 1 is 1.17 bits per heavy atom. The van der Waals surface area contributed by atoms with Crippen molar-refractivity contribution in [3.05, 3.63) is 83.7 Å². The Balaban J connectivity index is 1.38. The molecule has 156 valence electrons. The lowest BCUT2D eigenvalue weighted by atomic mass is 9.94. The molecule has 0 saturated carbocycles. The molecule has 7 heteroatoms. The number of benzene rings is 1. The molecule has 0 radical (unpaired) electrons. The number of aliphatic hydroxyl groups excluding tert-OH is 1. The van der Waals surface area contributed by atoms with Gasteiger partial charge in [-0.1, -0.05) is 54.6 Å². The van der Waals surface area contributed by atoms with Crippen molar-refractivity contribution in [1.29, 1.82) is 0 Å². The van der Waals surface area contributed by atoms with Gasteiger partial charge in [0, 0.05) is 18.3 Å². The first-order valence-electron chi connectivity index (χ1n) is 9.96. The standard InChI is InChI=1S/C23H24N2O5/c26-15-20-14-25(23(28)30-20)19-11-9-18(10-12-19)21-8-4-5-13-24(21)22(27)29-16-17-6-2-1-3-7-17/h1-9,12-13,20-21,26H,10-11,14-16H2/t20?,21-/m1/s1. The largest absolute Gasteiger partial charge is 0.444 e. The van der Waals surface area contributed by atoms with Gasteiger partial charge in [-0.05, 0) is 23.6 Å². The monoisotopic (exact) mass is 408 g/mol. The van der Waals surface area contributed by atoms with Crippen LogP contribution in [-0.2, 0) is 16.1 Å². The summed E-state index contributed by atoms with van der Waals surface area (Å²) in [7, 11) is 0. The molecule has 2 amide bonds. The van der Waals surface area contributed by atoms with Gasteiger partial charge in [0.25, 0.3) is 0 Å². The number of rotatable bonds is 5. The molecular weight excluding hydrogens is 384 g/mol. The Bertz CT molecular complexity index is 919. The van der Waals surface area contributed by atoms with Crippen molar-refractivity contribution in [3.8, 4) is 0 Å². The normalized spacial score (nSPS) is 23.2. The van der Waals surface area contributed by atoms with Crippen molar-refractivity contribution in [2.75, 3.05) is 13.2 Å². The summed E-state index contributed by atoms with van der Waals surface area (Å²) in [5.41, 5.74) is 2.84. The highest BCUT2D eigenvalue weighted by Gasteiger charge is 2.34. The molecule has 1 aromatic rings. The molecule has 0 spiro atoms. The highest BCUT2D eigenvalue weighted by Crippen LogP contribution is 2.29. The number of hydrogen-bond donors (Lipinski definition) is 1. The second kappa shape index (κ2) is 9.00. The van der Waals surface area contributed by atoms with Crippen molar-refractivity contribution in [3.63, 3.8) is 0 Å². The van der Waals surface area contributed by atoms with Crippen LogP contribution < -0.4 is 0 Å². The van der Waals surface area contributed by atoms with E-state index in [1.807, 2.05) is 54.6 Å². The van der Waals surface area contributed by atoms with Gasteiger partial charge >= 0.3 is 12.2 Å². The van der Waals surface area contributed by atoms with E-state index in [-0.39, 0.29) is 19.3 Å². The minimum absolute atomic E-state index is 0.185. The molecule has 1 aliphatic carbocycles. The average molecular weight is 408 g/mol. The van der Waals surface area contributed by atoms with E-state index in [9.17, 15) is 14.7 Å². The third kappa shape index (κ3) is 4.31. The first kappa shape index (κ1) is 20.0. The fraction of sp³-hybridized carbons (Fsp3) is 0.304. The van der Waals surface area contributed by atoms with Crippen molar-refractivity contribution in [1.82, 2.24) is 9.80 Å². The van der Waals surface area contributed by atoms with Crippen molar-refractivity contribution in [2.24, 2.45) is 0 Å². The maximum absolute atomic E-state index is 12.7. The number of allylic oxidation sites excluding steroid dienone is 4. The maximum Gasteiger partial charge on any atom is 0.414 e. The van der Waals surface area contributed by atoms with E-state index < -0.39 is 18.3 Å². The average Bonchev–Trinajstić information content (AvgIpc) is 3.19. The number of nitrogens with zero attached hydrogens (tertiary/aromatic N) is 2. The zero-order valence-electron chi connectivity index (χ0n) is 16.5. The quantitative estimate of drug-likeness (QED) is 0.755. The van der Waals surface area contributed by atoms with E-state index in [0.717, 1.165) is 16.8 Å². The molecule has 1 saturated heterocycles. The third-order valence-electron chi connectivity index (χ3n) is 5.32. The Hall–Kier alpha value is -3.32. The molecule has 1 fully saturated rings. The highest BCUT2D eigenvalue weighted by atomic mass is 16.6. The minimum Gasteiger partial charge on any atom is -0.444 e. The number of hydrogen-bond acceptors (Lipinski definition) is 5. The predicted octanol–water partition coefficient (Wildman–Crippen LogP) is 3.49. The van der Waals surface area contributed by atoms with E-state index >= 15 is 0 Å². The molecule has 1 N–H and O–H groups in total. The maximum atomic E-state index is 12.7. The Kier molecular flexibility index (Phi) is 5.99. The van der Waals surface area contributed by atoms with Crippen LogP contribution in [0.15, 0.2) is 78.2 Å². The molecule has 2 aliphatic heterocycles. The smallest absolute Gasteiger partial charge is 0.414 e. The van der Waals surface area contributed by atoms with Gasteiger partial charge in [0.15, 0.2) is 0 Å². The minimum atomic E-state index is -0.481. The molecular formula is C23H24N2O5. The number of aliphatic hydroxyl groups is 1. The van der Waals surface area contributed by atoms with E-state index in [1.165, 1.54) is 0 Å². The number of amides is 2. The summed E-state index contributed by atoms with van der Waals surface area (Å²) in [5, 5.41) is 9.21. The second-order valence-electron chi connectivity index (χ2n) is 7.30. The molecule has 2 heterocycles. The van der Waals surface area contributed by atoms with Crippen molar-refractivity contribution >= 4 is 12.2 Å². The Morgan fingerprint density at radius 3 is 2.70 bits per heavy atom. The number of carbonyl (C=O) groups is 2. The first-order valence-corrected chi connectivity index (χ1v) is 9.96. The zero-order chi connectivity index (χ0) is 20.9. The lowest BCUT2D eigenvalue weighted by molar-refractivity contribution is 0.0951. The fourth-order valence-corrected chi connectivity index (χ4v) is 3.72. The van der Waals surface area contributed by atoms with Crippen LogP contribution >= 0.6 is 0 Å². The van der Waals surface area contributed by atoms with E-state index in [2.05, 4.69) is 0 Å². The number of ether oxygens (including phenoxy) is 2. The van der Waals surface area contributed by atoms with E-state index in [0.29, 0.717) is 19.4 Å². The van der Waals surface area contributed by atoms with Gasteiger partial charge in [-0.25, -0.2) is 9.59 Å². The molecule has 3 aliphatic rings. The first-order chi connectivity index (χ1) is 14.7. The highest BCUT2D eigenvalue weighted by molar-refractivity contribution is 5.73. The van der Waals surface area contributed by atoms with Crippen LogP contribution in [0.1, 0.15) is 18.4 Å². The Morgan fingerprint density at radius 2 is 2.00 bits per heavy atom. The van der Waals surface area contributed by atoms with Crippen molar-refractivity contribution < 1.29 is 24.2 Å². The lowest BCUT2D eigenvalue weighted by Crippen LogP contribution is -2.38. The van der Waals surface area contributed by atoms with Gasteiger partial charge in [0.05, 0.1) is 19.2 Å². The molecule has 0 aromatic heterocycles.